The van der Waals surface area contributed by atoms with E-state index in [9.17, 15) is 9.18 Å². The number of hydrogen-bond acceptors (Lipinski definition) is 1. The number of quaternary nitrogens is 2. The minimum Gasteiger partial charge on any atom is -0.322 e. The molecule has 3 nitrogen and oxygen atoms in total. The van der Waals surface area contributed by atoms with E-state index in [1.54, 1.807) is 17.0 Å². The molecule has 2 aromatic carbocycles. The fourth-order valence-electron chi connectivity index (χ4n) is 3.16. The maximum Gasteiger partial charge on any atom is 0.216 e. The minimum absolute atomic E-state index is 0.103. The number of carbonyl (C=O) groups is 1. The standard InChI is InChI=1S/C19H21FN2O/c20-18-8-6-17(7-9-18)19(23)15-22-12-10-21(11-13-22)14-16-4-2-1-3-5-16/h1-9H,10-15H2/p+2. The molecule has 2 aromatic rings. The molecule has 0 aromatic heterocycles. The maximum atomic E-state index is 12.9. The third-order valence-electron chi connectivity index (χ3n) is 4.54. The van der Waals surface area contributed by atoms with Crippen LogP contribution >= 0.6 is 0 Å². The van der Waals surface area contributed by atoms with Gasteiger partial charge in [0.25, 0.3) is 0 Å². The topological polar surface area (TPSA) is 26.0 Å². The number of ketones is 1. The zero-order chi connectivity index (χ0) is 16.1. The summed E-state index contributed by atoms with van der Waals surface area (Å²) in [6.45, 7) is 5.75. The first kappa shape index (κ1) is 15.8. The fourth-order valence-corrected chi connectivity index (χ4v) is 3.16. The van der Waals surface area contributed by atoms with E-state index in [4.69, 9.17) is 0 Å². The second kappa shape index (κ2) is 7.49. The van der Waals surface area contributed by atoms with E-state index < -0.39 is 0 Å². The Hall–Kier alpha value is -2.04. The summed E-state index contributed by atoms with van der Waals surface area (Å²) in [5.74, 6) is -0.196. The van der Waals surface area contributed by atoms with Crippen molar-refractivity contribution in [2.45, 2.75) is 6.54 Å². The molecule has 0 radical (unpaired) electrons. The number of nitrogens with one attached hydrogen (secondary N) is 2. The first-order valence-corrected chi connectivity index (χ1v) is 8.20. The Labute approximate surface area is 136 Å². The Morgan fingerprint density at radius 2 is 1.48 bits per heavy atom. The molecule has 0 atom stereocenters. The van der Waals surface area contributed by atoms with Gasteiger partial charge < -0.3 is 9.80 Å². The van der Waals surface area contributed by atoms with E-state index in [0.717, 1.165) is 32.7 Å². The molecule has 1 saturated heterocycles. The van der Waals surface area contributed by atoms with Crippen molar-refractivity contribution in [2.75, 3.05) is 32.7 Å². The van der Waals surface area contributed by atoms with Gasteiger partial charge in [0.1, 0.15) is 45.1 Å². The van der Waals surface area contributed by atoms with Gasteiger partial charge in [0, 0.05) is 11.1 Å². The Bertz CT molecular complexity index is 634. The van der Waals surface area contributed by atoms with Gasteiger partial charge in [-0.25, -0.2) is 4.39 Å². The van der Waals surface area contributed by atoms with E-state index >= 15 is 0 Å². The lowest BCUT2D eigenvalue weighted by Crippen LogP contribution is -3.27. The van der Waals surface area contributed by atoms with E-state index in [2.05, 4.69) is 24.3 Å². The number of carbonyl (C=O) groups excluding carboxylic acids is 1. The summed E-state index contributed by atoms with van der Waals surface area (Å²) < 4.78 is 12.9. The molecule has 0 aliphatic carbocycles. The van der Waals surface area contributed by atoms with Crippen LogP contribution in [-0.4, -0.2) is 38.5 Å². The molecule has 0 unspecified atom stereocenters. The van der Waals surface area contributed by atoms with Crippen LogP contribution in [0.25, 0.3) is 0 Å². The number of hydrogen-bond donors (Lipinski definition) is 2. The van der Waals surface area contributed by atoms with Crippen LogP contribution in [0, 0.1) is 5.82 Å². The monoisotopic (exact) mass is 314 g/mol. The molecule has 2 N–H and O–H groups in total. The molecule has 0 amide bonds. The van der Waals surface area contributed by atoms with Gasteiger partial charge in [-0.2, -0.15) is 0 Å². The van der Waals surface area contributed by atoms with Crippen LogP contribution in [0.3, 0.4) is 0 Å². The van der Waals surface area contributed by atoms with Gasteiger partial charge in [0.15, 0.2) is 0 Å². The van der Waals surface area contributed by atoms with Gasteiger partial charge in [-0.1, -0.05) is 30.3 Å². The molecular formula is C19H23FN2O+2. The van der Waals surface area contributed by atoms with Crippen molar-refractivity contribution in [1.29, 1.82) is 0 Å². The number of rotatable bonds is 5. The largest absolute Gasteiger partial charge is 0.322 e. The highest BCUT2D eigenvalue weighted by Gasteiger charge is 2.25. The SMILES string of the molecule is O=C(C[NH+]1CC[NH+](Cc2ccccc2)CC1)c1ccc(F)cc1. The van der Waals surface area contributed by atoms with Crippen molar-refractivity contribution in [3.8, 4) is 0 Å². The maximum absolute atomic E-state index is 12.9. The molecule has 0 saturated carbocycles. The van der Waals surface area contributed by atoms with Crippen LogP contribution in [0.15, 0.2) is 54.6 Å². The highest BCUT2D eigenvalue weighted by atomic mass is 19.1. The second-order valence-electron chi connectivity index (χ2n) is 6.27. The number of benzene rings is 2. The minimum atomic E-state index is -0.299. The van der Waals surface area contributed by atoms with Crippen LogP contribution in [0.2, 0.25) is 0 Å². The molecule has 23 heavy (non-hydrogen) atoms. The zero-order valence-electron chi connectivity index (χ0n) is 13.2. The summed E-state index contributed by atoms with van der Waals surface area (Å²) in [6, 6.07) is 16.4. The Balaban J connectivity index is 1.47. The summed E-state index contributed by atoms with van der Waals surface area (Å²) in [7, 11) is 0. The Morgan fingerprint density at radius 3 is 2.13 bits per heavy atom. The molecule has 4 heteroatoms. The van der Waals surface area contributed by atoms with Crippen LogP contribution in [0.5, 0.6) is 0 Å². The normalized spacial score (nSPS) is 21.1. The number of Topliss-reactive ketones (excluding diaryl/α,β-unsaturated/α-hetero) is 1. The molecular weight excluding hydrogens is 291 g/mol. The van der Waals surface area contributed by atoms with Gasteiger partial charge in [0.2, 0.25) is 5.78 Å². The average molecular weight is 314 g/mol. The van der Waals surface area contributed by atoms with Gasteiger partial charge >= 0.3 is 0 Å². The molecule has 1 fully saturated rings. The van der Waals surface area contributed by atoms with Crippen molar-refractivity contribution in [3.05, 3.63) is 71.5 Å². The lowest BCUT2D eigenvalue weighted by Gasteiger charge is -2.29. The second-order valence-corrected chi connectivity index (χ2v) is 6.27. The van der Waals surface area contributed by atoms with Crippen molar-refractivity contribution in [1.82, 2.24) is 0 Å². The smallest absolute Gasteiger partial charge is 0.216 e. The molecule has 1 aliphatic rings. The van der Waals surface area contributed by atoms with Gasteiger partial charge in [-0.05, 0) is 24.3 Å². The lowest BCUT2D eigenvalue weighted by molar-refractivity contribution is -1.01. The third kappa shape index (κ3) is 4.47. The Morgan fingerprint density at radius 1 is 0.870 bits per heavy atom. The quantitative estimate of drug-likeness (QED) is 0.746. The van der Waals surface area contributed by atoms with E-state index in [1.165, 1.54) is 22.6 Å². The fraction of sp³-hybridized carbons (Fsp3) is 0.316. The number of halogens is 1. The van der Waals surface area contributed by atoms with Crippen molar-refractivity contribution >= 4 is 5.78 Å². The molecule has 3 rings (SSSR count). The van der Waals surface area contributed by atoms with Crippen LogP contribution in [0.4, 0.5) is 4.39 Å². The summed E-state index contributed by atoms with van der Waals surface area (Å²) in [4.78, 5) is 15.2. The zero-order valence-corrected chi connectivity index (χ0v) is 13.2. The first-order chi connectivity index (χ1) is 11.2. The van der Waals surface area contributed by atoms with Crippen LogP contribution in [-0.2, 0) is 6.54 Å². The van der Waals surface area contributed by atoms with Crippen molar-refractivity contribution in [2.24, 2.45) is 0 Å². The van der Waals surface area contributed by atoms with E-state index in [0.29, 0.717) is 12.1 Å². The first-order valence-electron chi connectivity index (χ1n) is 8.20. The van der Waals surface area contributed by atoms with Crippen LogP contribution < -0.4 is 9.80 Å². The van der Waals surface area contributed by atoms with Crippen LogP contribution in [0.1, 0.15) is 15.9 Å². The predicted molar refractivity (Wildman–Crippen MR) is 87.1 cm³/mol. The highest BCUT2D eigenvalue weighted by Crippen LogP contribution is 2.02. The molecule has 120 valence electrons. The van der Waals surface area contributed by atoms with Gasteiger partial charge in [0.05, 0.1) is 0 Å². The highest BCUT2D eigenvalue weighted by molar-refractivity contribution is 5.96. The number of piperazine rings is 1. The molecule has 1 aliphatic heterocycles. The summed E-state index contributed by atoms with van der Waals surface area (Å²) in [5, 5.41) is 0. The lowest BCUT2D eigenvalue weighted by atomic mass is 10.1. The average Bonchev–Trinajstić information content (AvgIpc) is 2.58. The molecule has 0 spiro atoms. The molecule has 1 heterocycles. The van der Waals surface area contributed by atoms with Crippen molar-refractivity contribution < 1.29 is 19.0 Å². The molecule has 0 bridgehead atoms. The summed E-state index contributed by atoms with van der Waals surface area (Å²) in [6.07, 6.45) is 0. The van der Waals surface area contributed by atoms with Gasteiger partial charge in [-0.15, -0.1) is 0 Å². The Kier molecular flexibility index (Phi) is 5.16. The van der Waals surface area contributed by atoms with E-state index in [-0.39, 0.29) is 11.6 Å². The summed E-state index contributed by atoms with van der Waals surface area (Å²) >= 11 is 0. The van der Waals surface area contributed by atoms with E-state index in [1.807, 2.05) is 6.07 Å². The van der Waals surface area contributed by atoms with Gasteiger partial charge in [-0.3, -0.25) is 4.79 Å². The van der Waals surface area contributed by atoms with Crippen molar-refractivity contribution in [3.63, 3.8) is 0 Å². The third-order valence-corrected chi connectivity index (χ3v) is 4.54. The summed E-state index contributed by atoms with van der Waals surface area (Å²) in [5.41, 5.74) is 1.98. The predicted octanol–water partition coefficient (Wildman–Crippen LogP) is -0.00800.